The molecule has 0 heterocycles. The maximum atomic E-state index is 12.9. The van der Waals surface area contributed by atoms with E-state index in [-0.39, 0.29) is 19.3 Å². The van der Waals surface area contributed by atoms with Gasteiger partial charge in [0.05, 0.1) is 52.4 Å². The summed E-state index contributed by atoms with van der Waals surface area (Å²) in [6, 6.07) is -2.80. The third-order valence-corrected chi connectivity index (χ3v) is 9.46. The first kappa shape index (κ1) is 57.1. The molecule has 6 N–H and O–H groups in total. The average molecular weight is 916 g/mol. The van der Waals surface area contributed by atoms with Gasteiger partial charge in [0.1, 0.15) is 18.6 Å². The zero-order valence-electron chi connectivity index (χ0n) is 37.6. The molecular formula is C37H61N11O16. The SMILES string of the molecule is CN(CC(=O)O)C(=O)CN(C)C(=O)CN(C)C(=O)CN(C)C(=O)CN(C)C(=O)CN(C)C(=O)CN(C)C(=O)CN(C)C(=O)CN(C)C(=O)CC[C@H](NC(=O)CC[C@H](N)C(=O)O)C(=O)O. The highest BCUT2D eigenvalue weighted by atomic mass is 16.4. The topological polar surface area (TPSA) is 350 Å². The first-order valence-corrected chi connectivity index (χ1v) is 19.4. The van der Waals surface area contributed by atoms with E-state index in [2.05, 4.69) is 5.32 Å². The van der Waals surface area contributed by atoms with Crippen molar-refractivity contribution >= 4 is 77.0 Å². The number of nitrogens with one attached hydrogen (secondary N) is 1. The van der Waals surface area contributed by atoms with Crippen LogP contribution in [0.25, 0.3) is 0 Å². The van der Waals surface area contributed by atoms with Crippen LogP contribution in [0, 0.1) is 0 Å². The van der Waals surface area contributed by atoms with Crippen LogP contribution >= 0.6 is 0 Å². The van der Waals surface area contributed by atoms with Gasteiger partial charge < -0.3 is 70.5 Å². The number of hydrogen-bond acceptors (Lipinski definition) is 14. The van der Waals surface area contributed by atoms with Crippen LogP contribution in [0.4, 0.5) is 0 Å². The molecule has 0 spiro atoms. The van der Waals surface area contributed by atoms with E-state index in [1.807, 2.05) is 0 Å². The number of aliphatic carboxylic acids is 3. The number of hydrogen-bond donors (Lipinski definition) is 5. The molecule has 0 fully saturated rings. The van der Waals surface area contributed by atoms with Gasteiger partial charge in [0.25, 0.3) is 0 Å². The van der Waals surface area contributed by atoms with Crippen molar-refractivity contribution in [2.75, 3.05) is 122 Å². The average Bonchev–Trinajstić information content (AvgIpc) is 3.19. The maximum Gasteiger partial charge on any atom is 0.326 e. The lowest BCUT2D eigenvalue weighted by atomic mass is 10.1. The zero-order chi connectivity index (χ0) is 49.8. The summed E-state index contributed by atoms with van der Waals surface area (Å²) in [5, 5.41) is 29.3. The van der Waals surface area contributed by atoms with Gasteiger partial charge in [-0.1, -0.05) is 0 Å². The highest BCUT2D eigenvalue weighted by Crippen LogP contribution is 2.05. The van der Waals surface area contributed by atoms with E-state index >= 15 is 0 Å². The monoisotopic (exact) mass is 915 g/mol. The molecule has 0 saturated carbocycles. The Morgan fingerprint density at radius 1 is 0.375 bits per heavy atom. The normalized spacial score (nSPS) is 11.4. The molecule has 0 aromatic heterocycles. The van der Waals surface area contributed by atoms with E-state index in [0.717, 1.165) is 44.1 Å². The molecule has 0 aromatic rings. The smallest absolute Gasteiger partial charge is 0.326 e. The molecule has 10 amide bonds. The molecule has 27 nitrogen and oxygen atoms in total. The standard InChI is InChI=1S/C37H61N11O16/c1-40(26(50)13-11-24(37(63)64)39-25(49)12-10-23(38)36(61)62)14-27(51)41(2)15-28(52)42(3)16-29(53)43(4)17-30(54)44(5)18-31(55)45(6)19-32(56)46(7)20-33(57)47(8)21-34(58)48(9)22-35(59)60/h23-24H,10-22,38H2,1-9H3,(H,39,49)(H,59,60)(H,61,62)(H,63,64)/t23-,24-/m0/s1. The number of amides is 10. The fraction of sp³-hybridized carbons (Fsp3) is 0.649. The number of carboxylic acids is 3. The third kappa shape index (κ3) is 21.2. The van der Waals surface area contributed by atoms with Crippen LogP contribution in [0.1, 0.15) is 25.7 Å². The van der Waals surface area contributed by atoms with Crippen LogP contribution in [0.2, 0.25) is 0 Å². The molecule has 0 saturated heterocycles. The van der Waals surface area contributed by atoms with Gasteiger partial charge in [0.15, 0.2) is 0 Å². The van der Waals surface area contributed by atoms with Gasteiger partial charge in [-0.3, -0.25) is 57.5 Å². The van der Waals surface area contributed by atoms with E-state index in [4.69, 9.17) is 15.9 Å². The minimum Gasteiger partial charge on any atom is -0.480 e. The molecule has 0 radical (unpaired) electrons. The number of nitrogens with two attached hydrogens (primary N) is 1. The molecule has 0 aliphatic rings. The van der Waals surface area contributed by atoms with Crippen molar-refractivity contribution < 1.29 is 77.6 Å². The first-order chi connectivity index (χ1) is 29.5. The summed E-state index contributed by atoms with van der Waals surface area (Å²) >= 11 is 0. The fourth-order valence-corrected chi connectivity index (χ4v) is 4.98. The van der Waals surface area contributed by atoms with Crippen LogP contribution in [0.15, 0.2) is 0 Å². The van der Waals surface area contributed by atoms with Crippen molar-refractivity contribution in [3.63, 3.8) is 0 Å². The Hall–Kier alpha value is -6.93. The van der Waals surface area contributed by atoms with E-state index < -0.39 is 154 Å². The summed E-state index contributed by atoms with van der Waals surface area (Å²) in [5.41, 5.74) is 5.34. The predicted octanol–water partition coefficient (Wildman–Crippen LogP) is -6.26. The van der Waals surface area contributed by atoms with E-state index in [9.17, 15) is 67.4 Å². The lowest BCUT2D eigenvalue weighted by Gasteiger charge is -2.27. The van der Waals surface area contributed by atoms with Crippen molar-refractivity contribution in [2.45, 2.75) is 37.8 Å². The zero-order valence-corrected chi connectivity index (χ0v) is 37.6. The second-order valence-electron chi connectivity index (χ2n) is 15.1. The minimum atomic E-state index is -1.48. The molecule has 0 aliphatic carbocycles. The Morgan fingerprint density at radius 3 is 0.859 bits per heavy atom. The van der Waals surface area contributed by atoms with Gasteiger partial charge in [0, 0.05) is 76.3 Å². The predicted molar refractivity (Wildman–Crippen MR) is 220 cm³/mol. The lowest BCUT2D eigenvalue weighted by Crippen LogP contribution is -2.49. The van der Waals surface area contributed by atoms with Crippen molar-refractivity contribution in [3.8, 4) is 0 Å². The van der Waals surface area contributed by atoms with Gasteiger partial charge in [-0.2, -0.15) is 0 Å². The highest BCUT2D eigenvalue weighted by molar-refractivity contribution is 5.93. The van der Waals surface area contributed by atoms with E-state index in [1.165, 1.54) is 63.4 Å². The Kier molecular flexibility index (Phi) is 24.3. The van der Waals surface area contributed by atoms with Crippen molar-refractivity contribution in [2.24, 2.45) is 5.73 Å². The molecule has 0 rings (SSSR count). The summed E-state index contributed by atoms with van der Waals surface area (Å²) < 4.78 is 0. The number of carboxylic acid groups (broad SMARTS) is 3. The summed E-state index contributed by atoms with van der Waals surface area (Å²) in [5.74, 6) is -10.7. The molecule has 64 heavy (non-hydrogen) atoms. The minimum absolute atomic E-state index is 0.241. The Morgan fingerprint density at radius 2 is 0.625 bits per heavy atom. The van der Waals surface area contributed by atoms with Crippen LogP contribution in [0.3, 0.4) is 0 Å². The number of likely N-dealkylation sites (N-methyl/N-ethyl adjacent to an activating group) is 9. The van der Waals surface area contributed by atoms with Crippen LogP contribution < -0.4 is 11.1 Å². The largest absolute Gasteiger partial charge is 0.480 e. The molecular weight excluding hydrogens is 854 g/mol. The molecule has 0 aliphatic heterocycles. The van der Waals surface area contributed by atoms with Crippen LogP contribution in [-0.2, 0) is 62.3 Å². The third-order valence-electron chi connectivity index (χ3n) is 9.46. The van der Waals surface area contributed by atoms with Gasteiger partial charge in [-0.15, -0.1) is 0 Å². The van der Waals surface area contributed by atoms with Crippen LogP contribution in [0.5, 0.6) is 0 Å². The summed E-state index contributed by atoms with van der Waals surface area (Å²) in [4.78, 5) is 168. The number of nitrogens with zero attached hydrogens (tertiary/aromatic N) is 9. The molecule has 27 heteroatoms. The highest BCUT2D eigenvalue weighted by Gasteiger charge is 2.27. The molecule has 0 unspecified atom stereocenters. The van der Waals surface area contributed by atoms with Gasteiger partial charge in [-0.25, -0.2) is 4.79 Å². The first-order valence-electron chi connectivity index (χ1n) is 19.4. The molecule has 0 aromatic carbocycles. The Balaban J connectivity index is 4.92. The van der Waals surface area contributed by atoms with E-state index in [1.54, 1.807) is 0 Å². The fourth-order valence-electron chi connectivity index (χ4n) is 4.98. The number of carbonyl (C=O) groups excluding carboxylic acids is 10. The number of rotatable bonds is 27. The molecule has 360 valence electrons. The van der Waals surface area contributed by atoms with Crippen LogP contribution in [-0.4, -0.2) is 271 Å². The van der Waals surface area contributed by atoms with Gasteiger partial charge >= 0.3 is 17.9 Å². The molecule has 0 bridgehead atoms. The Labute approximate surface area is 369 Å². The van der Waals surface area contributed by atoms with E-state index in [0.29, 0.717) is 0 Å². The molecule has 2 atom stereocenters. The van der Waals surface area contributed by atoms with Gasteiger partial charge in [-0.05, 0) is 12.8 Å². The second-order valence-corrected chi connectivity index (χ2v) is 15.1. The quantitative estimate of drug-likeness (QED) is 0.0512. The number of carbonyl (C=O) groups is 13. The Bertz CT molecular complexity index is 1780. The summed E-state index contributed by atoms with van der Waals surface area (Å²) in [6.45, 7) is -4.43. The lowest BCUT2D eigenvalue weighted by molar-refractivity contribution is -0.147. The van der Waals surface area contributed by atoms with Crippen molar-refractivity contribution in [1.82, 2.24) is 49.4 Å². The van der Waals surface area contributed by atoms with Crippen molar-refractivity contribution in [3.05, 3.63) is 0 Å². The summed E-state index contributed by atoms with van der Waals surface area (Å²) in [7, 11) is 11.5. The second kappa shape index (κ2) is 27.2. The maximum absolute atomic E-state index is 12.9. The van der Waals surface area contributed by atoms with Crippen molar-refractivity contribution in [1.29, 1.82) is 0 Å². The summed E-state index contributed by atoms with van der Waals surface area (Å²) in [6.07, 6.45) is -1.34. The van der Waals surface area contributed by atoms with Gasteiger partial charge in [0.2, 0.25) is 59.1 Å².